The molecule has 28 heavy (non-hydrogen) atoms. The van der Waals surface area contributed by atoms with E-state index in [-0.39, 0.29) is 28.8 Å². The molecule has 1 atom stereocenters. The van der Waals surface area contributed by atoms with E-state index >= 15 is 0 Å². The standard InChI is InChI=1S/C18H21N5O4S/c1-12-16(13(2)22(20-12)15-6-7-28(26,27)11-15)10-21(3)17-5-4-14(9-19)8-18(17)23(24)25/h4-5,8,15H,6-7,10-11H2,1-3H3. The number of nitro groups is 1. The first-order valence-corrected chi connectivity index (χ1v) is 10.6. The second-order valence-electron chi connectivity index (χ2n) is 7.08. The van der Waals surface area contributed by atoms with Crippen LogP contribution in [0, 0.1) is 35.3 Å². The maximum atomic E-state index is 11.8. The number of anilines is 1. The van der Waals surface area contributed by atoms with Crippen LogP contribution in [0.2, 0.25) is 0 Å². The summed E-state index contributed by atoms with van der Waals surface area (Å²) in [6, 6.07) is 6.11. The highest BCUT2D eigenvalue weighted by Gasteiger charge is 2.31. The van der Waals surface area contributed by atoms with Crippen molar-refractivity contribution in [2.45, 2.75) is 32.9 Å². The number of nitriles is 1. The van der Waals surface area contributed by atoms with E-state index < -0.39 is 14.8 Å². The van der Waals surface area contributed by atoms with E-state index in [1.165, 1.54) is 6.07 Å². The van der Waals surface area contributed by atoms with Gasteiger partial charge < -0.3 is 4.90 Å². The Morgan fingerprint density at radius 3 is 2.71 bits per heavy atom. The molecule has 1 aliphatic rings. The lowest BCUT2D eigenvalue weighted by molar-refractivity contribution is -0.384. The summed E-state index contributed by atoms with van der Waals surface area (Å²) in [6.45, 7) is 4.12. The third kappa shape index (κ3) is 3.71. The fourth-order valence-electron chi connectivity index (χ4n) is 3.63. The summed E-state index contributed by atoms with van der Waals surface area (Å²) in [5, 5.41) is 24.9. The molecule has 2 aromatic rings. The second kappa shape index (κ2) is 7.24. The Kier molecular flexibility index (Phi) is 5.12. The summed E-state index contributed by atoms with van der Waals surface area (Å²) < 4.78 is 25.4. The van der Waals surface area contributed by atoms with Crippen molar-refractivity contribution in [3.63, 3.8) is 0 Å². The van der Waals surface area contributed by atoms with Gasteiger partial charge in [-0.1, -0.05) is 0 Å². The van der Waals surface area contributed by atoms with Gasteiger partial charge in [0.05, 0.1) is 39.8 Å². The normalized spacial score (nSPS) is 18.0. The first-order chi connectivity index (χ1) is 13.1. The molecule has 2 heterocycles. The number of hydrogen-bond donors (Lipinski definition) is 0. The molecule has 0 N–H and O–H groups in total. The molecule has 0 amide bonds. The van der Waals surface area contributed by atoms with Crippen molar-refractivity contribution >= 4 is 21.2 Å². The first kappa shape index (κ1) is 19.8. The minimum absolute atomic E-state index is 0.0886. The minimum Gasteiger partial charge on any atom is -0.365 e. The van der Waals surface area contributed by atoms with Crippen LogP contribution in [0.25, 0.3) is 0 Å². The second-order valence-corrected chi connectivity index (χ2v) is 9.31. The van der Waals surface area contributed by atoms with Gasteiger partial charge in [-0.15, -0.1) is 0 Å². The van der Waals surface area contributed by atoms with Crippen molar-refractivity contribution in [1.29, 1.82) is 5.26 Å². The van der Waals surface area contributed by atoms with Gasteiger partial charge in [0.25, 0.3) is 5.69 Å². The SMILES string of the molecule is Cc1nn(C2CCS(=O)(=O)C2)c(C)c1CN(C)c1ccc(C#N)cc1[N+](=O)[O-]. The molecule has 3 rings (SSSR count). The van der Waals surface area contributed by atoms with Gasteiger partial charge in [0, 0.05) is 30.9 Å². The van der Waals surface area contributed by atoms with Crippen LogP contribution in [-0.4, -0.2) is 41.7 Å². The lowest BCUT2D eigenvalue weighted by Crippen LogP contribution is -2.19. The largest absolute Gasteiger partial charge is 0.365 e. The third-order valence-corrected chi connectivity index (χ3v) is 6.89. The molecule has 0 radical (unpaired) electrons. The Hall–Kier alpha value is -2.93. The van der Waals surface area contributed by atoms with E-state index in [9.17, 15) is 18.5 Å². The molecular weight excluding hydrogens is 382 g/mol. The van der Waals surface area contributed by atoms with Gasteiger partial charge in [-0.05, 0) is 32.4 Å². The topological polar surface area (TPSA) is 122 Å². The highest BCUT2D eigenvalue weighted by atomic mass is 32.2. The van der Waals surface area contributed by atoms with E-state index in [4.69, 9.17) is 5.26 Å². The summed E-state index contributed by atoms with van der Waals surface area (Å²) in [4.78, 5) is 12.7. The highest BCUT2D eigenvalue weighted by molar-refractivity contribution is 7.91. The maximum Gasteiger partial charge on any atom is 0.293 e. The van der Waals surface area contributed by atoms with E-state index in [1.807, 2.05) is 19.9 Å². The van der Waals surface area contributed by atoms with Crippen molar-refractivity contribution < 1.29 is 13.3 Å². The molecule has 1 aromatic heterocycles. The van der Waals surface area contributed by atoms with Gasteiger partial charge in [-0.3, -0.25) is 14.8 Å². The molecule has 148 valence electrons. The number of nitrogens with zero attached hydrogens (tertiary/aromatic N) is 5. The average Bonchev–Trinajstić information content (AvgIpc) is 3.14. The Morgan fingerprint density at radius 2 is 2.14 bits per heavy atom. The fraction of sp³-hybridized carbons (Fsp3) is 0.444. The van der Waals surface area contributed by atoms with Crippen molar-refractivity contribution in [3.05, 3.63) is 50.8 Å². The fourth-order valence-corrected chi connectivity index (χ4v) is 5.33. The molecule has 0 spiro atoms. The van der Waals surface area contributed by atoms with Crippen LogP contribution in [0.15, 0.2) is 18.2 Å². The third-order valence-electron chi connectivity index (χ3n) is 5.14. The maximum absolute atomic E-state index is 11.8. The molecule has 1 aromatic carbocycles. The van der Waals surface area contributed by atoms with Gasteiger partial charge in [0.1, 0.15) is 5.69 Å². The number of sulfone groups is 1. The Balaban J connectivity index is 1.91. The van der Waals surface area contributed by atoms with Gasteiger partial charge in [0.15, 0.2) is 9.84 Å². The zero-order valence-corrected chi connectivity index (χ0v) is 16.7. The minimum atomic E-state index is -3.02. The van der Waals surface area contributed by atoms with Crippen LogP contribution in [0.3, 0.4) is 0 Å². The van der Waals surface area contributed by atoms with Gasteiger partial charge >= 0.3 is 0 Å². The zero-order valence-electron chi connectivity index (χ0n) is 15.9. The quantitative estimate of drug-likeness (QED) is 0.554. The number of benzene rings is 1. The Bertz CT molecular complexity index is 1080. The van der Waals surface area contributed by atoms with Gasteiger partial charge in [0.2, 0.25) is 0 Å². The van der Waals surface area contributed by atoms with Crippen molar-refractivity contribution in [2.75, 3.05) is 23.5 Å². The highest BCUT2D eigenvalue weighted by Crippen LogP contribution is 2.31. The van der Waals surface area contributed by atoms with E-state index in [2.05, 4.69) is 5.10 Å². The number of nitro benzene ring substituents is 1. The molecule has 9 nitrogen and oxygen atoms in total. The van der Waals surface area contributed by atoms with E-state index in [0.717, 1.165) is 17.0 Å². The van der Waals surface area contributed by atoms with Crippen LogP contribution < -0.4 is 4.90 Å². The summed E-state index contributed by atoms with van der Waals surface area (Å²) in [5.41, 5.74) is 3.04. The summed E-state index contributed by atoms with van der Waals surface area (Å²) >= 11 is 0. The number of aromatic nitrogens is 2. The number of rotatable bonds is 5. The molecule has 10 heteroatoms. The average molecular weight is 403 g/mol. The predicted molar refractivity (Wildman–Crippen MR) is 104 cm³/mol. The summed E-state index contributed by atoms with van der Waals surface area (Å²) in [7, 11) is -1.28. The zero-order chi connectivity index (χ0) is 20.6. The molecule has 1 fully saturated rings. The van der Waals surface area contributed by atoms with Crippen LogP contribution in [0.4, 0.5) is 11.4 Å². The summed E-state index contributed by atoms with van der Waals surface area (Å²) in [5.74, 6) is 0.258. The number of hydrogen-bond acceptors (Lipinski definition) is 7. The molecule has 0 saturated carbocycles. The van der Waals surface area contributed by atoms with E-state index in [1.54, 1.807) is 28.8 Å². The molecule has 1 unspecified atom stereocenters. The van der Waals surface area contributed by atoms with E-state index in [0.29, 0.717) is 18.7 Å². The van der Waals surface area contributed by atoms with Gasteiger partial charge in [-0.2, -0.15) is 10.4 Å². The number of aryl methyl sites for hydroxylation is 1. The molecular formula is C18H21N5O4S. The van der Waals surface area contributed by atoms with Crippen LogP contribution >= 0.6 is 0 Å². The molecule has 1 aliphatic heterocycles. The lowest BCUT2D eigenvalue weighted by Gasteiger charge is -2.20. The molecule has 1 saturated heterocycles. The van der Waals surface area contributed by atoms with Crippen LogP contribution in [0.1, 0.15) is 35.0 Å². The lowest BCUT2D eigenvalue weighted by atomic mass is 10.1. The Morgan fingerprint density at radius 1 is 1.43 bits per heavy atom. The predicted octanol–water partition coefficient (Wildman–Crippen LogP) is 2.28. The van der Waals surface area contributed by atoms with Crippen molar-refractivity contribution in [1.82, 2.24) is 9.78 Å². The Labute approximate surface area is 163 Å². The van der Waals surface area contributed by atoms with Crippen molar-refractivity contribution in [2.24, 2.45) is 0 Å². The molecule has 0 aliphatic carbocycles. The van der Waals surface area contributed by atoms with Crippen molar-refractivity contribution in [3.8, 4) is 6.07 Å². The summed E-state index contributed by atoms with van der Waals surface area (Å²) in [6.07, 6.45) is 0.542. The molecule has 0 bridgehead atoms. The van der Waals surface area contributed by atoms with Crippen LogP contribution in [0.5, 0.6) is 0 Å². The van der Waals surface area contributed by atoms with Gasteiger partial charge in [-0.25, -0.2) is 8.42 Å². The monoisotopic (exact) mass is 403 g/mol. The first-order valence-electron chi connectivity index (χ1n) is 8.77. The smallest absolute Gasteiger partial charge is 0.293 e. The van der Waals surface area contributed by atoms with Crippen LogP contribution in [-0.2, 0) is 16.4 Å².